The number of ether oxygens (including phenoxy) is 1. The van der Waals surface area contributed by atoms with E-state index in [9.17, 15) is 13.2 Å². The summed E-state index contributed by atoms with van der Waals surface area (Å²) in [6, 6.07) is 2.88. The molecule has 1 aromatic heterocycles. The van der Waals surface area contributed by atoms with Crippen molar-refractivity contribution in [2.75, 3.05) is 13.2 Å². The van der Waals surface area contributed by atoms with Crippen LogP contribution in [0.5, 0.6) is 0 Å². The Morgan fingerprint density at radius 1 is 1.58 bits per heavy atom. The van der Waals surface area contributed by atoms with Gasteiger partial charge >= 0.3 is 0 Å². The van der Waals surface area contributed by atoms with Crippen LogP contribution in [0.2, 0.25) is 0 Å². The summed E-state index contributed by atoms with van der Waals surface area (Å²) in [6.45, 7) is 2.87. The Morgan fingerprint density at radius 3 is 2.84 bits per heavy atom. The quantitative estimate of drug-likeness (QED) is 0.851. The molecule has 0 saturated carbocycles. The summed E-state index contributed by atoms with van der Waals surface area (Å²) in [4.78, 5) is 12.7. The fraction of sp³-hybridized carbons (Fsp3) is 0.545. The lowest BCUT2D eigenvalue weighted by molar-refractivity contribution is -0.125. The van der Waals surface area contributed by atoms with Crippen molar-refractivity contribution in [3.63, 3.8) is 0 Å². The molecule has 1 fully saturated rings. The Kier molecular flexibility index (Phi) is 4.24. The predicted octanol–water partition coefficient (Wildman–Crippen LogP) is 0.609. The molecule has 1 saturated heterocycles. The number of nitrogens with one attached hydrogen (secondary N) is 1. The maximum Gasteiger partial charge on any atom is 0.247 e. The van der Waals surface area contributed by atoms with E-state index in [0.717, 1.165) is 22.6 Å². The number of amides is 1. The molecule has 3 N–H and O–H groups in total. The second-order valence-electron chi connectivity index (χ2n) is 4.49. The smallest absolute Gasteiger partial charge is 0.247 e. The molecule has 0 radical (unpaired) electrons. The van der Waals surface area contributed by atoms with Crippen molar-refractivity contribution < 1.29 is 17.9 Å². The van der Waals surface area contributed by atoms with Crippen molar-refractivity contribution in [3.8, 4) is 0 Å². The van der Waals surface area contributed by atoms with E-state index < -0.39 is 10.0 Å². The van der Waals surface area contributed by atoms with Gasteiger partial charge in [0.2, 0.25) is 15.9 Å². The molecule has 1 aliphatic heterocycles. The van der Waals surface area contributed by atoms with Crippen LogP contribution in [0.3, 0.4) is 0 Å². The maximum atomic E-state index is 11.9. The molecule has 106 valence electrons. The maximum absolute atomic E-state index is 11.9. The van der Waals surface area contributed by atoms with Crippen LogP contribution in [0.4, 0.5) is 0 Å². The van der Waals surface area contributed by atoms with Gasteiger partial charge in [-0.15, -0.1) is 11.3 Å². The summed E-state index contributed by atoms with van der Waals surface area (Å²) >= 11 is 1.07. The van der Waals surface area contributed by atoms with E-state index in [2.05, 4.69) is 5.32 Å². The molecule has 19 heavy (non-hydrogen) atoms. The van der Waals surface area contributed by atoms with Crippen LogP contribution < -0.4 is 10.5 Å². The molecule has 6 nitrogen and oxygen atoms in total. The number of carbonyl (C=O) groups is 1. The lowest BCUT2D eigenvalue weighted by Gasteiger charge is -2.14. The fourth-order valence-corrected chi connectivity index (χ4v) is 3.61. The zero-order chi connectivity index (χ0) is 14.0. The fourth-order valence-electron chi connectivity index (χ4n) is 1.86. The predicted molar refractivity (Wildman–Crippen MR) is 71.2 cm³/mol. The zero-order valence-electron chi connectivity index (χ0n) is 10.5. The lowest BCUT2D eigenvalue weighted by Crippen LogP contribution is -2.32. The van der Waals surface area contributed by atoms with Crippen LogP contribution in [0, 0.1) is 5.92 Å². The topological polar surface area (TPSA) is 98.5 Å². The zero-order valence-corrected chi connectivity index (χ0v) is 12.1. The van der Waals surface area contributed by atoms with Gasteiger partial charge in [-0.05, 0) is 25.5 Å². The minimum absolute atomic E-state index is 0.0597. The molecule has 0 aromatic carbocycles. The number of primary sulfonamides is 1. The van der Waals surface area contributed by atoms with E-state index in [0.29, 0.717) is 13.2 Å². The van der Waals surface area contributed by atoms with Crippen LogP contribution in [0.25, 0.3) is 0 Å². The van der Waals surface area contributed by atoms with Gasteiger partial charge in [-0.2, -0.15) is 0 Å². The van der Waals surface area contributed by atoms with Gasteiger partial charge in [0.15, 0.2) is 0 Å². The Hall–Kier alpha value is -0.960. The first kappa shape index (κ1) is 14.4. The molecule has 2 rings (SSSR count). The molecule has 1 amide bonds. The van der Waals surface area contributed by atoms with E-state index in [4.69, 9.17) is 9.88 Å². The van der Waals surface area contributed by atoms with Gasteiger partial charge in [-0.3, -0.25) is 4.79 Å². The first-order valence-electron chi connectivity index (χ1n) is 5.88. The molecule has 2 unspecified atom stereocenters. The number of hydrogen-bond acceptors (Lipinski definition) is 5. The van der Waals surface area contributed by atoms with Crippen LogP contribution in [0.15, 0.2) is 16.3 Å². The average molecular weight is 304 g/mol. The number of thiophene rings is 1. The number of hydrogen-bond donors (Lipinski definition) is 2. The van der Waals surface area contributed by atoms with Crippen LogP contribution in [-0.4, -0.2) is 27.5 Å². The summed E-state index contributed by atoms with van der Waals surface area (Å²) in [5, 5.41) is 7.91. The molecule has 2 heterocycles. The first-order valence-corrected chi connectivity index (χ1v) is 8.25. The highest BCUT2D eigenvalue weighted by molar-refractivity contribution is 7.91. The van der Waals surface area contributed by atoms with Crippen molar-refractivity contribution in [1.82, 2.24) is 5.32 Å². The molecule has 8 heteroatoms. The standard InChI is InChI=1S/C11H16N2O4S2/c1-7(13-11(14)8-4-5-17-6-8)9-2-3-10(18-9)19(12,15)16/h2-3,7-8H,4-6H2,1H3,(H,13,14)(H2,12,15,16). The summed E-state index contributed by atoms with van der Waals surface area (Å²) in [7, 11) is -3.67. The second-order valence-corrected chi connectivity index (χ2v) is 7.40. The number of nitrogens with two attached hydrogens (primary N) is 1. The summed E-state index contributed by atoms with van der Waals surface area (Å²) < 4.78 is 27.6. The van der Waals surface area contributed by atoms with Gasteiger partial charge < -0.3 is 10.1 Å². The molecule has 1 aromatic rings. The normalized spacial score (nSPS) is 21.3. The van der Waals surface area contributed by atoms with Crippen LogP contribution in [0.1, 0.15) is 24.3 Å². The minimum atomic E-state index is -3.67. The Balaban J connectivity index is 2.01. The van der Waals surface area contributed by atoms with Crippen molar-refractivity contribution in [1.29, 1.82) is 0 Å². The van der Waals surface area contributed by atoms with Gasteiger partial charge in [0.1, 0.15) is 4.21 Å². The minimum Gasteiger partial charge on any atom is -0.381 e. The molecule has 0 bridgehead atoms. The molecule has 1 aliphatic rings. The van der Waals surface area contributed by atoms with Crippen LogP contribution in [-0.2, 0) is 19.6 Å². The van der Waals surface area contributed by atoms with Gasteiger partial charge in [-0.25, -0.2) is 13.6 Å². The highest BCUT2D eigenvalue weighted by Crippen LogP contribution is 2.26. The summed E-state index contributed by atoms with van der Waals surface area (Å²) in [6.07, 6.45) is 0.728. The largest absolute Gasteiger partial charge is 0.381 e. The number of rotatable bonds is 4. The monoisotopic (exact) mass is 304 g/mol. The highest BCUT2D eigenvalue weighted by atomic mass is 32.2. The van der Waals surface area contributed by atoms with Gasteiger partial charge in [-0.1, -0.05) is 0 Å². The summed E-state index contributed by atoms with van der Waals surface area (Å²) in [5.41, 5.74) is 0. The van der Waals surface area contributed by atoms with Crippen molar-refractivity contribution >= 4 is 27.3 Å². The number of sulfonamides is 1. The Bertz CT molecular complexity index is 561. The van der Waals surface area contributed by atoms with Gasteiger partial charge in [0.25, 0.3) is 0 Å². The molecule has 0 aliphatic carbocycles. The van der Waals surface area contributed by atoms with Crippen molar-refractivity contribution in [2.45, 2.75) is 23.6 Å². The van der Waals surface area contributed by atoms with E-state index in [1.54, 1.807) is 6.07 Å². The second kappa shape index (κ2) is 5.58. The molecular weight excluding hydrogens is 288 g/mol. The van der Waals surface area contributed by atoms with Crippen molar-refractivity contribution in [3.05, 3.63) is 17.0 Å². The van der Waals surface area contributed by atoms with Crippen LogP contribution >= 0.6 is 11.3 Å². The third kappa shape index (κ3) is 3.53. The lowest BCUT2D eigenvalue weighted by atomic mass is 10.1. The highest BCUT2D eigenvalue weighted by Gasteiger charge is 2.25. The third-order valence-corrected chi connectivity index (χ3v) is 5.68. The van der Waals surface area contributed by atoms with Gasteiger partial charge in [0.05, 0.1) is 18.6 Å². The first-order chi connectivity index (χ1) is 8.88. The number of carbonyl (C=O) groups excluding carboxylic acids is 1. The molecular formula is C11H16N2O4S2. The van der Waals surface area contributed by atoms with E-state index in [1.807, 2.05) is 6.92 Å². The Labute approximate surface area is 116 Å². The SMILES string of the molecule is CC(NC(=O)C1CCOC1)c1ccc(S(N)(=O)=O)s1. The third-order valence-electron chi connectivity index (χ3n) is 2.97. The molecule has 2 atom stereocenters. The van der Waals surface area contributed by atoms with E-state index >= 15 is 0 Å². The summed E-state index contributed by atoms with van der Waals surface area (Å²) in [5.74, 6) is -0.171. The van der Waals surface area contributed by atoms with E-state index in [1.165, 1.54) is 6.07 Å². The van der Waals surface area contributed by atoms with Gasteiger partial charge in [0, 0.05) is 11.5 Å². The Morgan fingerprint density at radius 2 is 2.32 bits per heavy atom. The van der Waals surface area contributed by atoms with Crippen molar-refractivity contribution in [2.24, 2.45) is 11.1 Å². The van der Waals surface area contributed by atoms with E-state index in [-0.39, 0.29) is 22.1 Å². The average Bonchev–Trinajstić information content (AvgIpc) is 3.00. The molecule has 0 spiro atoms.